The Bertz CT molecular complexity index is 397. The van der Waals surface area contributed by atoms with Crippen molar-refractivity contribution in [3.63, 3.8) is 0 Å². The summed E-state index contributed by atoms with van der Waals surface area (Å²) in [5.74, 6) is 0. The number of hydrogen-bond donors (Lipinski definition) is 1. The normalized spacial score (nSPS) is 21.5. The van der Waals surface area contributed by atoms with Crippen LogP contribution in [0, 0.1) is 0 Å². The van der Waals surface area contributed by atoms with Crippen LogP contribution in [0.5, 0.6) is 0 Å². The topological polar surface area (TPSA) is 12.0 Å². The molecule has 0 spiro atoms. The van der Waals surface area contributed by atoms with Crippen LogP contribution in [0.25, 0.3) is 0 Å². The number of piperidine rings is 1. The number of benzene rings is 1. The smallest absolute Gasteiger partial charge is 0.310 e. The molecule has 0 radical (unpaired) electrons. The van der Waals surface area contributed by atoms with E-state index >= 15 is 0 Å². The summed E-state index contributed by atoms with van der Waals surface area (Å²) in [6.45, 7) is 0.874. The van der Waals surface area contributed by atoms with E-state index in [4.69, 9.17) is 0 Å². The van der Waals surface area contributed by atoms with Crippen molar-refractivity contribution in [1.29, 1.82) is 0 Å². The summed E-state index contributed by atoms with van der Waals surface area (Å²) in [5, 5.41) is 3.25. The molecule has 1 aromatic carbocycles. The van der Waals surface area contributed by atoms with E-state index in [1.165, 1.54) is 6.07 Å². The molecular weight excluding hydrogens is 295 g/mol. The summed E-state index contributed by atoms with van der Waals surface area (Å²) in [6.07, 6.45) is -1.23. The van der Waals surface area contributed by atoms with Gasteiger partial charge in [0.15, 0.2) is 0 Å². The van der Waals surface area contributed by atoms with Crippen LogP contribution >= 0.6 is 15.9 Å². The van der Waals surface area contributed by atoms with Gasteiger partial charge in [-0.15, -0.1) is 0 Å². The lowest BCUT2D eigenvalue weighted by molar-refractivity contribution is -0.137. The first-order valence-electron chi connectivity index (χ1n) is 5.58. The van der Waals surface area contributed by atoms with Crippen molar-refractivity contribution in [2.45, 2.75) is 31.5 Å². The van der Waals surface area contributed by atoms with Crippen molar-refractivity contribution in [1.82, 2.24) is 5.32 Å². The average Bonchev–Trinajstić information content (AvgIpc) is 2.28. The number of alkyl halides is 3. The van der Waals surface area contributed by atoms with E-state index in [2.05, 4.69) is 21.2 Å². The molecule has 0 aliphatic carbocycles. The Kier molecular flexibility index (Phi) is 3.78. The summed E-state index contributed by atoms with van der Waals surface area (Å²) in [6, 6.07) is 4.17. The van der Waals surface area contributed by atoms with Crippen LogP contribution in [0.15, 0.2) is 22.7 Å². The molecule has 1 saturated heterocycles. The first-order valence-corrected chi connectivity index (χ1v) is 6.37. The number of rotatable bonds is 1. The second-order valence-electron chi connectivity index (χ2n) is 4.27. The van der Waals surface area contributed by atoms with Gasteiger partial charge in [-0.25, -0.2) is 0 Å². The third kappa shape index (κ3) is 3.22. The van der Waals surface area contributed by atoms with Gasteiger partial charge in [0.05, 0.1) is 5.56 Å². The second-order valence-corrected chi connectivity index (χ2v) is 5.19. The van der Waals surface area contributed by atoms with Crippen LogP contribution in [0.3, 0.4) is 0 Å². The molecule has 5 heteroatoms. The Labute approximate surface area is 107 Å². The first-order chi connectivity index (χ1) is 7.97. The van der Waals surface area contributed by atoms with Crippen molar-refractivity contribution >= 4 is 15.9 Å². The van der Waals surface area contributed by atoms with E-state index in [1.54, 1.807) is 6.07 Å². The largest absolute Gasteiger partial charge is 0.416 e. The van der Waals surface area contributed by atoms with Gasteiger partial charge in [-0.2, -0.15) is 13.2 Å². The number of hydrogen-bond acceptors (Lipinski definition) is 1. The second kappa shape index (κ2) is 4.98. The molecule has 1 heterocycles. The Morgan fingerprint density at radius 2 is 1.94 bits per heavy atom. The molecule has 1 aromatic rings. The van der Waals surface area contributed by atoms with Crippen LogP contribution in [0.1, 0.15) is 36.4 Å². The molecule has 1 N–H and O–H groups in total. The molecule has 1 atom stereocenters. The molecule has 1 aliphatic rings. The third-order valence-electron chi connectivity index (χ3n) is 2.96. The predicted molar refractivity (Wildman–Crippen MR) is 63.7 cm³/mol. The van der Waals surface area contributed by atoms with Crippen molar-refractivity contribution in [3.05, 3.63) is 33.8 Å². The van der Waals surface area contributed by atoms with Gasteiger partial charge in [-0.05, 0) is 43.1 Å². The van der Waals surface area contributed by atoms with Gasteiger partial charge >= 0.3 is 6.18 Å². The fourth-order valence-corrected chi connectivity index (χ4v) is 2.62. The highest BCUT2D eigenvalue weighted by Crippen LogP contribution is 2.34. The summed E-state index contributed by atoms with van der Waals surface area (Å²) in [4.78, 5) is 0. The lowest BCUT2D eigenvalue weighted by Gasteiger charge is -2.24. The van der Waals surface area contributed by atoms with Crippen LogP contribution < -0.4 is 5.32 Å². The standard InChI is InChI=1S/C12H13BrF3N/c13-10-6-8(11-3-1-2-4-17-11)5-9(7-10)12(14,15)16/h5-7,11,17H,1-4H2/t11-/m1/s1. The minimum atomic E-state index is -4.28. The fraction of sp³-hybridized carbons (Fsp3) is 0.500. The van der Waals surface area contributed by atoms with Gasteiger partial charge in [-0.1, -0.05) is 22.4 Å². The van der Waals surface area contributed by atoms with Gasteiger partial charge < -0.3 is 5.32 Å². The lowest BCUT2D eigenvalue weighted by Crippen LogP contribution is -2.27. The Morgan fingerprint density at radius 1 is 1.18 bits per heavy atom. The van der Waals surface area contributed by atoms with Gasteiger partial charge in [0, 0.05) is 10.5 Å². The zero-order valence-electron chi connectivity index (χ0n) is 9.15. The summed E-state index contributed by atoms with van der Waals surface area (Å²) < 4.78 is 38.5. The minimum Gasteiger partial charge on any atom is -0.310 e. The van der Waals surface area contributed by atoms with Crippen LogP contribution in [-0.2, 0) is 6.18 Å². The molecule has 2 rings (SSSR count). The summed E-state index contributed by atoms with van der Waals surface area (Å²) >= 11 is 3.14. The maximum absolute atomic E-state index is 12.7. The Balaban J connectivity index is 2.31. The van der Waals surface area contributed by atoms with E-state index in [9.17, 15) is 13.2 Å². The predicted octanol–water partition coefficient (Wildman–Crippen LogP) is 4.28. The molecule has 1 nitrogen and oxygen atoms in total. The van der Waals surface area contributed by atoms with Gasteiger partial charge in [0.2, 0.25) is 0 Å². The maximum Gasteiger partial charge on any atom is 0.416 e. The van der Waals surface area contributed by atoms with E-state index in [0.29, 0.717) is 10.0 Å². The van der Waals surface area contributed by atoms with Crippen molar-refractivity contribution < 1.29 is 13.2 Å². The van der Waals surface area contributed by atoms with Gasteiger partial charge in [0.25, 0.3) is 0 Å². The van der Waals surface area contributed by atoms with E-state index in [1.807, 2.05) is 0 Å². The van der Waals surface area contributed by atoms with E-state index in [0.717, 1.165) is 31.9 Å². The lowest BCUT2D eigenvalue weighted by atomic mass is 9.96. The van der Waals surface area contributed by atoms with Crippen molar-refractivity contribution in [3.8, 4) is 0 Å². The molecule has 0 unspecified atom stereocenters. The Morgan fingerprint density at radius 3 is 2.53 bits per heavy atom. The number of halogens is 4. The zero-order valence-corrected chi connectivity index (χ0v) is 10.7. The monoisotopic (exact) mass is 307 g/mol. The Hall–Kier alpha value is -0.550. The first kappa shape index (κ1) is 12.9. The van der Waals surface area contributed by atoms with Crippen molar-refractivity contribution in [2.24, 2.45) is 0 Å². The maximum atomic E-state index is 12.7. The van der Waals surface area contributed by atoms with Crippen molar-refractivity contribution in [2.75, 3.05) is 6.54 Å². The van der Waals surface area contributed by atoms with E-state index in [-0.39, 0.29) is 6.04 Å². The highest BCUT2D eigenvalue weighted by Gasteiger charge is 2.31. The minimum absolute atomic E-state index is 0.0438. The molecule has 17 heavy (non-hydrogen) atoms. The summed E-state index contributed by atoms with van der Waals surface area (Å²) in [5.41, 5.74) is 0.126. The highest BCUT2D eigenvalue weighted by atomic mass is 79.9. The average molecular weight is 308 g/mol. The molecule has 94 valence electrons. The van der Waals surface area contributed by atoms with Crippen LogP contribution in [-0.4, -0.2) is 6.54 Å². The fourth-order valence-electron chi connectivity index (χ4n) is 2.11. The van der Waals surface area contributed by atoms with Crippen LogP contribution in [0.2, 0.25) is 0 Å². The van der Waals surface area contributed by atoms with E-state index < -0.39 is 11.7 Å². The molecule has 0 aromatic heterocycles. The van der Waals surface area contributed by atoms with Crippen LogP contribution in [0.4, 0.5) is 13.2 Å². The molecule has 0 bridgehead atoms. The third-order valence-corrected chi connectivity index (χ3v) is 3.42. The molecule has 1 aliphatic heterocycles. The highest BCUT2D eigenvalue weighted by molar-refractivity contribution is 9.10. The quantitative estimate of drug-likeness (QED) is 0.816. The molecule has 1 fully saturated rings. The SMILES string of the molecule is FC(F)(F)c1cc(Br)cc([C@H]2CCCCN2)c1. The number of nitrogens with one attached hydrogen (secondary N) is 1. The summed E-state index contributed by atoms with van der Waals surface area (Å²) in [7, 11) is 0. The van der Waals surface area contributed by atoms with Gasteiger partial charge in [0.1, 0.15) is 0 Å². The molecule has 0 saturated carbocycles. The molecule has 0 amide bonds. The zero-order chi connectivity index (χ0) is 12.5. The van der Waals surface area contributed by atoms with Gasteiger partial charge in [-0.3, -0.25) is 0 Å². The molecular formula is C12H13BrF3N.